The molecule has 5 N–H and O–H groups in total. The van der Waals surface area contributed by atoms with Crippen molar-refractivity contribution in [2.24, 2.45) is 22.7 Å². The van der Waals surface area contributed by atoms with Crippen LogP contribution in [0.3, 0.4) is 0 Å². The van der Waals surface area contributed by atoms with Crippen molar-refractivity contribution in [2.45, 2.75) is 79.3 Å². The van der Waals surface area contributed by atoms with Crippen molar-refractivity contribution in [3.05, 3.63) is 0 Å². The Balaban J connectivity index is 1.57. The molecule has 14 heteroatoms. The maximum atomic E-state index is 13.6. The number of nitrogens with one attached hydrogen (secondary N) is 4. The first-order chi connectivity index (χ1) is 17.4. The SMILES string of the molecule is O=C(O)CC(NC(=O)CNC(=O)C1CC(NC2=NCCCN2)CC(C(F)(F)F)C1)C1CC(Br)CC(Br)C1. The third-order valence-electron chi connectivity index (χ3n) is 7.14. The predicted molar refractivity (Wildman–Crippen MR) is 139 cm³/mol. The number of alkyl halides is 5. The highest BCUT2D eigenvalue weighted by Crippen LogP contribution is 2.40. The van der Waals surface area contributed by atoms with Crippen molar-refractivity contribution >= 4 is 55.6 Å². The summed E-state index contributed by atoms with van der Waals surface area (Å²) < 4.78 is 40.8. The average molecular weight is 661 g/mol. The van der Waals surface area contributed by atoms with Crippen molar-refractivity contribution in [1.82, 2.24) is 21.3 Å². The van der Waals surface area contributed by atoms with Gasteiger partial charge in [0, 0.05) is 40.7 Å². The number of hydrogen-bond acceptors (Lipinski definition) is 6. The molecule has 2 saturated carbocycles. The van der Waals surface area contributed by atoms with E-state index in [0.717, 1.165) is 12.8 Å². The molecule has 0 bridgehead atoms. The van der Waals surface area contributed by atoms with Gasteiger partial charge in [0.1, 0.15) is 0 Å². The minimum Gasteiger partial charge on any atom is -0.481 e. The van der Waals surface area contributed by atoms with Crippen LogP contribution in [-0.4, -0.2) is 76.4 Å². The Kier molecular flexibility index (Phi) is 10.9. The molecular weight excluding hydrogens is 627 g/mol. The van der Waals surface area contributed by atoms with Crippen LogP contribution in [0.15, 0.2) is 4.99 Å². The second kappa shape index (κ2) is 13.5. The first-order valence-corrected chi connectivity index (χ1v) is 14.4. The van der Waals surface area contributed by atoms with Gasteiger partial charge >= 0.3 is 12.1 Å². The molecule has 6 atom stereocenters. The zero-order valence-electron chi connectivity index (χ0n) is 20.3. The molecule has 6 unspecified atom stereocenters. The lowest BCUT2D eigenvalue weighted by atomic mass is 9.77. The Hall–Kier alpha value is -1.57. The lowest BCUT2D eigenvalue weighted by Gasteiger charge is -2.36. The molecule has 0 aromatic carbocycles. The summed E-state index contributed by atoms with van der Waals surface area (Å²) in [5.41, 5.74) is 0. The lowest BCUT2D eigenvalue weighted by Crippen LogP contribution is -2.52. The van der Waals surface area contributed by atoms with Gasteiger partial charge < -0.3 is 26.4 Å². The highest BCUT2D eigenvalue weighted by atomic mass is 79.9. The standard InChI is InChI=1S/C23H34Br2F3N5O4/c24-15-5-12(6-16(25)9-15)18(10-20(35)36)33-19(34)11-31-21(37)13-4-14(23(26,27)28)8-17(7-13)32-22-29-2-1-3-30-22/h12-18H,1-11H2,(H,31,37)(H,33,34)(H,35,36)(H2,29,30,32). The molecule has 37 heavy (non-hydrogen) atoms. The predicted octanol–water partition coefficient (Wildman–Crippen LogP) is 2.68. The van der Waals surface area contributed by atoms with Crippen LogP contribution >= 0.6 is 31.9 Å². The highest BCUT2D eigenvalue weighted by molar-refractivity contribution is 9.10. The molecular formula is C23H34Br2F3N5O4. The number of carboxylic acid groups (broad SMARTS) is 1. The van der Waals surface area contributed by atoms with Gasteiger partial charge in [0.05, 0.1) is 18.9 Å². The van der Waals surface area contributed by atoms with E-state index in [-0.39, 0.29) is 41.3 Å². The van der Waals surface area contributed by atoms with Crippen LogP contribution in [-0.2, 0) is 14.4 Å². The smallest absolute Gasteiger partial charge is 0.391 e. The van der Waals surface area contributed by atoms with Crippen LogP contribution in [0.1, 0.15) is 51.4 Å². The largest absolute Gasteiger partial charge is 0.481 e. The number of aliphatic carboxylic acids is 1. The van der Waals surface area contributed by atoms with Gasteiger partial charge in [-0.05, 0) is 50.9 Å². The quantitative estimate of drug-likeness (QED) is 0.255. The number of nitrogens with zero attached hydrogens (tertiary/aromatic N) is 1. The molecule has 2 fully saturated rings. The Bertz CT molecular complexity index is 853. The first kappa shape index (κ1) is 30.0. The van der Waals surface area contributed by atoms with E-state index < -0.39 is 54.4 Å². The van der Waals surface area contributed by atoms with Gasteiger partial charge in [-0.1, -0.05) is 31.9 Å². The molecule has 9 nitrogen and oxygen atoms in total. The summed E-state index contributed by atoms with van der Waals surface area (Å²) >= 11 is 7.15. The van der Waals surface area contributed by atoms with Crippen molar-refractivity contribution in [3.8, 4) is 0 Å². The molecule has 2 aliphatic carbocycles. The molecule has 210 valence electrons. The molecule has 3 aliphatic rings. The fraction of sp³-hybridized carbons (Fsp3) is 0.826. The maximum absolute atomic E-state index is 13.6. The zero-order chi connectivity index (χ0) is 27.2. The molecule has 0 saturated heterocycles. The second-order valence-corrected chi connectivity index (χ2v) is 12.7. The number of carboxylic acids is 1. The van der Waals surface area contributed by atoms with E-state index in [0.29, 0.717) is 31.9 Å². The molecule has 1 aliphatic heterocycles. The van der Waals surface area contributed by atoms with Crippen molar-refractivity contribution in [2.75, 3.05) is 19.6 Å². The average Bonchev–Trinajstić information content (AvgIpc) is 2.81. The van der Waals surface area contributed by atoms with E-state index in [1.165, 1.54) is 0 Å². The highest BCUT2D eigenvalue weighted by Gasteiger charge is 2.46. The molecule has 3 rings (SSSR count). The van der Waals surface area contributed by atoms with Gasteiger partial charge in [-0.25, -0.2) is 0 Å². The van der Waals surface area contributed by atoms with E-state index >= 15 is 0 Å². The number of hydrogen-bond donors (Lipinski definition) is 5. The summed E-state index contributed by atoms with van der Waals surface area (Å²) in [6, 6.07) is -1.21. The first-order valence-electron chi connectivity index (χ1n) is 12.6. The van der Waals surface area contributed by atoms with Crippen LogP contribution in [0.2, 0.25) is 0 Å². The summed E-state index contributed by atoms with van der Waals surface area (Å²) in [6.45, 7) is 0.827. The summed E-state index contributed by atoms with van der Waals surface area (Å²) in [5.74, 6) is -4.44. The van der Waals surface area contributed by atoms with Gasteiger partial charge in [0.2, 0.25) is 11.8 Å². The topological polar surface area (TPSA) is 132 Å². The number of aliphatic imine (C=N–C) groups is 1. The molecule has 0 aromatic rings. The van der Waals surface area contributed by atoms with Gasteiger partial charge in [0.25, 0.3) is 0 Å². The molecule has 2 amide bonds. The lowest BCUT2D eigenvalue weighted by molar-refractivity contribution is -0.188. The van der Waals surface area contributed by atoms with Crippen LogP contribution in [0.25, 0.3) is 0 Å². The Morgan fingerprint density at radius 1 is 1.08 bits per heavy atom. The Morgan fingerprint density at radius 3 is 2.38 bits per heavy atom. The minimum atomic E-state index is -4.44. The normalized spacial score (nSPS) is 31.3. The Labute approximate surface area is 230 Å². The van der Waals surface area contributed by atoms with Crippen molar-refractivity contribution in [3.63, 3.8) is 0 Å². The molecule has 0 spiro atoms. The number of halogens is 5. The monoisotopic (exact) mass is 659 g/mol. The van der Waals surface area contributed by atoms with Gasteiger partial charge in [-0.3, -0.25) is 19.4 Å². The maximum Gasteiger partial charge on any atom is 0.391 e. The fourth-order valence-corrected chi connectivity index (χ4v) is 7.75. The van der Waals surface area contributed by atoms with Gasteiger partial charge in [-0.15, -0.1) is 0 Å². The van der Waals surface area contributed by atoms with Crippen LogP contribution in [0.4, 0.5) is 13.2 Å². The summed E-state index contributed by atoms with van der Waals surface area (Å²) in [5, 5.41) is 20.6. The van der Waals surface area contributed by atoms with Crippen molar-refractivity contribution < 1.29 is 32.7 Å². The third kappa shape index (κ3) is 9.60. The summed E-state index contributed by atoms with van der Waals surface area (Å²) in [4.78, 5) is 41.5. The number of guanidine groups is 1. The summed E-state index contributed by atoms with van der Waals surface area (Å²) in [7, 11) is 0. The zero-order valence-corrected chi connectivity index (χ0v) is 23.5. The van der Waals surface area contributed by atoms with E-state index in [2.05, 4.69) is 58.1 Å². The van der Waals surface area contributed by atoms with E-state index in [9.17, 15) is 32.7 Å². The number of rotatable bonds is 8. The second-order valence-electron chi connectivity index (χ2n) is 10.1. The van der Waals surface area contributed by atoms with Gasteiger partial charge in [0.15, 0.2) is 5.96 Å². The third-order valence-corrected chi connectivity index (χ3v) is 8.64. The molecule has 0 radical (unpaired) electrons. The van der Waals surface area contributed by atoms with Crippen LogP contribution in [0.5, 0.6) is 0 Å². The van der Waals surface area contributed by atoms with Gasteiger partial charge in [-0.2, -0.15) is 13.2 Å². The van der Waals surface area contributed by atoms with Crippen LogP contribution in [0, 0.1) is 17.8 Å². The number of amides is 2. The molecule has 0 aromatic heterocycles. The van der Waals surface area contributed by atoms with E-state index in [1.54, 1.807) is 0 Å². The van der Waals surface area contributed by atoms with Crippen LogP contribution < -0.4 is 21.3 Å². The fourth-order valence-electron chi connectivity index (χ4n) is 5.39. The van der Waals surface area contributed by atoms with E-state index in [4.69, 9.17) is 0 Å². The van der Waals surface area contributed by atoms with Crippen molar-refractivity contribution in [1.29, 1.82) is 0 Å². The number of carbonyl (C=O) groups excluding carboxylic acids is 2. The Morgan fingerprint density at radius 2 is 1.78 bits per heavy atom. The summed E-state index contributed by atoms with van der Waals surface area (Å²) in [6.07, 6.45) is -1.90. The minimum absolute atomic E-state index is 0.0766. The molecule has 1 heterocycles. The van der Waals surface area contributed by atoms with E-state index in [1.807, 2.05) is 0 Å². The number of carbonyl (C=O) groups is 3.